The second-order valence-corrected chi connectivity index (χ2v) is 33.5. The lowest BCUT2D eigenvalue weighted by molar-refractivity contribution is 0.590. The normalized spacial score (nSPS) is 15.8. The molecule has 15 aromatic carbocycles. The number of benzene rings is 15. The van der Waals surface area contributed by atoms with Crippen LogP contribution in [-0.4, -0.2) is 13.7 Å². The maximum atomic E-state index is 9.96. The molecule has 2 aliphatic rings. The fourth-order valence-electron chi connectivity index (χ4n) is 17.7. The van der Waals surface area contributed by atoms with Gasteiger partial charge in [0.1, 0.15) is 0 Å². The second-order valence-electron chi connectivity index (χ2n) is 33.5. The average molecular weight is 1460 g/mol. The van der Waals surface area contributed by atoms with Crippen LogP contribution >= 0.6 is 0 Å². The van der Waals surface area contributed by atoms with Gasteiger partial charge < -0.3 is 27.9 Å². The minimum absolute atomic E-state index is 0.0683. The van der Waals surface area contributed by atoms with Crippen LogP contribution in [0.3, 0.4) is 0 Å². The summed E-state index contributed by atoms with van der Waals surface area (Å²) in [7, 11) is 0. The molecular formula is C106H87N5O. The molecule has 4 aromatic heterocycles. The minimum atomic E-state index is -0.684. The summed E-state index contributed by atoms with van der Waals surface area (Å²) in [6, 6.07) is 68.4. The highest BCUT2D eigenvalue weighted by molar-refractivity contribution is 6.17. The average Bonchev–Trinajstić information content (AvgIpc) is 0.793. The van der Waals surface area contributed by atoms with Crippen molar-refractivity contribution in [2.75, 3.05) is 9.80 Å². The van der Waals surface area contributed by atoms with Gasteiger partial charge in [-0.3, -0.25) is 0 Å². The lowest BCUT2D eigenvalue weighted by Gasteiger charge is -2.46. The van der Waals surface area contributed by atoms with Crippen molar-refractivity contribution >= 4 is 121 Å². The molecule has 0 aliphatic carbocycles. The molecule has 0 spiro atoms. The Bertz CT molecular complexity index is 7850. The van der Waals surface area contributed by atoms with Crippen LogP contribution in [0, 0.1) is 0 Å². The van der Waals surface area contributed by atoms with Crippen LogP contribution in [0.15, 0.2) is 319 Å². The van der Waals surface area contributed by atoms with Gasteiger partial charge in [0.05, 0.1) is 101 Å². The van der Waals surface area contributed by atoms with E-state index in [-0.39, 0.29) is 82.7 Å². The summed E-state index contributed by atoms with van der Waals surface area (Å²) in [5.74, 6) is -0.484. The molecule has 1 unspecified atom stereocenters. The molecule has 112 heavy (non-hydrogen) atoms. The summed E-state index contributed by atoms with van der Waals surface area (Å²) in [6.45, 7) is 24.6. The largest absolute Gasteiger partial charge is 0.452 e. The second kappa shape index (κ2) is 24.8. The molecule has 6 heterocycles. The van der Waals surface area contributed by atoms with Gasteiger partial charge in [-0.05, 0) is 181 Å². The highest BCUT2D eigenvalue weighted by Crippen LogP contribution is 2.65. The van der Waals surface area contributed by atoms with Gasteiger partial charge in [-0.15, -0.1) is 0 Å². The lowest BCUT2D eigenvalue weighted by Crippen LogP contribution is -2.30. The molecule has 0 radical (unpaired) electrons. The number of furan rings is 1. The Morgan fingerprint density at radius 3 is 1.28 bits per heavy atom. The van der Waals surface area contributed by atoms with Crippen LogP contribution in [0.2, 0.25) is 0 Å². The first kappa shape index (κ1) is 52.3. The fourth-order valence-corrected chi connectivity index (χ4v) is 17.7. The van der Waals surface area contributed by atoms with E-state index in [1.54, 1.807) is 16.7 Å². The molecule has 21 rings (SSSR count). The molecule has 6 nitrogen and oxygen atoms in total. The number of hydrogen-bond acceptors (Lipinski definition) is 3. The highest BCUT2D eigenvalue weighted by atomic mass is 16.3. The summed E-state index contributed by atoms with van der Waals surface area (Å²) < 4.78 is 164. The van der Waals surface area contributed by atoms with E-state index >= 15 is 0 Å². The number of aromatic nitrogens is 3. The van der Waals surface area contributed by atoms with Crippen molar-refractivity contribution in [1.29, 1.82) is 0 Å². The van der Waals surface area contributed by atoms with E-state index in [0.717, 1.165) is 111 Å². The summed E-state index contributed by atoms with van der Waals surface area (Å²) in [6.07, 6.45) is 0. The molecule has 0 N–H and O–H groups in total. The monoisotopic (exact) mass is 1460 g/mol. The van der Waals surface area contributed by atoms with Gasteiger partial charge >= 0.3 is 0 Å². The van der Waals surface area contributed by atoms with E-state index < -0.39 is 103 Å². The molecule has 542 valence electrons. The van der Waals surface area contributed by atoms with E-state index in [1.807, 2.05) is 54.6 Å². The zero-order valence-corrected chi connectivity index (χ0v) is 64.1. The molecule has 0 fully saturated rings. The Labute approximate surface area is 676 Å². The molecule has 2 aliphatic heterocycles. The first-order valence-corrected chi connectivity index (χ1v) is 38.5. The van der Waals surface area contributed by atoms with Gasteiger partial charge in [0, 0.05) is 71.4 Å². The first-order chi connectivity index (χ1) is 60.9. The number of hydrogen-bond donors (Lipinski definition) is 0. The third-order valence-electron chi connectivity index (χ3n) is 23.3. The smallest absolute Gasteiger partial charge is 0.159 e. The number of para-hydroxylation sites is 6. The number of fused-ring (bicyclic) bond motifs is 16. The minimum Gasteiger partial charge on any atom is -0.452 e. The van der Waals surface area contributed by atoms with E-state index in [4.69, 9.17) is 9.90 Å². The quantitative estimate of drug-likeness (QED) is 0.144. The van der Waals surface area contributed by atoms with Crippen LogP contribution in [0.1, 0.15) is 149 Å². The Hall–Kier alpha value is -12.9. The summed E-state index contributed by atoms with van der Waals surface area (Å²) in [4.78, 5) is 4.69. The molecule has 0 saturated heterocycles. The van der Waals surface area contributed by atoms with Gasteiger partial charge in [-0.25, -0.2) is 0 Å². The zero-order valence-electron chi connectivity index (χ0n) is 80.1. The molecule has 1 atom stereocenters. The maximum absolute atomic E-state index is 9.96. The molecular weight excluding hydrogens is 1360 g/mol. The van der Waals surface area contributed by atoms with Gasteiger partial charge in [0.25, 0.3) is 0 Å². The van der Waals surface area contributed by atoms with Gasteiger partial charge in [0.2, 0.25) is 0 Å². The van der Waals surface area contributed by atoms with Crippen molar-refractivity contribution < 1.29 is 26.3 Å². The Morgan fingerprint density at radius 2 is 0.750 bits per heavy atom. The van der Waals surface area contributed by atoms with E-state index in [0.29, 0.717) is 33.4 Å². The highest BCUT2D eigenvalue weighted by Gasteiger charge is 2.44. The van der Waals surface area contributed by atoms with Crippen molar-refractivity contribution in [2.45, 2.75) is 104 Å². The molecule has 0 saturated carbocycles. The number of anilines is 6. The van der Waals surface area contributed by atoms with Crippen molar-refractivity contribution in [3.8, 4) is 50.4 Å². The van der Waals surface area contributed by atoms with Crippen molar-refractivity contribution in [1.82, 2.24) is 13.7 Å². The fraction of sp³-hybridized carbons (Fsp3) is 0.151. The van der Waals surface area contributed by atoms with E-state index in [9.17, 15) is 16.4 Å². The zero-order chi connectivity index (χ0) is 89.9. The molecule has 0 bridgehead atoms. The van der Waals surface area contributed by atoms with Gasteiger partial charge in [0.15, 0.2) is 11.2 Å². The van der Waals surface area contributed by atoms with E-state index in [1.165, 1.54) is 10.1 Å². The maximum Gasteiger partial charge on any atom is 0.159 e. The summed E-state index contributed by atoms with van der Waals surface area (Å²) in [5.41, 5.74) is 19.6. The van der Waals surface area contributed by atoms with E-state index in [2.05, 4.69) is 242 Å². The van der Waals surface area contributed by atoms with Gasteiger partial charge in [-0.1, -0.05) is 288 Å². The van der Waals surface area contributed by atoms with Crippen molar-refractivity contribution in [3.05, 3.63) is 354 Å². The lowest BCUT2D eigenvalue weighted by atomic mass is 9.74. The molecule has 0 amide bonds. The summed E-state index contributed by atoms with van der Waals surface area (Å²) >= 11 is 0. The third kappa shape index (κ3) is 10.3. The molecule has 6 heteroatoms. The number of rotatable bonds is 9. The predicted molar refractivity (Wildman–Crippen MR) is 474 cm³/mol. The number of nitrogens with zero attached hydrogens (tertiary/aromatic N) is 5. The van der Waals surface area contributed by atoms with Crippen LogP contribution in [0.25, 0.3) is 138 Å². The van der Waals surface area contributed by atoms with Crippen molar-refractivity contribution in [3.63, 3.8) is 0 Å². The first-order valence-electron chi connectivity index (χ1n) is 46.5. The van der Waals surface area contributed by atoms with Crippen LogP contribution in [0.5, 0.6) is 0 Å². The Balaban J connectivity index is 0.975. The Morgan fingerprint density at radius 1 is 0.312 bits per heavy atom. The van der Waals surface area contributed by atoms with Crippen molar-refractivity contribution in [2.24, 2.45) is 0 Å². The summed E-state index contributed by atoms with van der Waals surface area (Å²) in [5, 5.41) is 2.83. The standard InChI is InChI=1S/C106H87N5O/c1-64(2)67-33-26-34-68(55-67)69-47-51-81-95(56-69)111(101-83(65-29-14-12-15-30-65)59-72(106(9,10)11)60-84(101)66-31-16-13-17-32-66)98-63-74(108-91-53-48-70(104(3,4)5)57-85(91)86-58-71(105(6,7)8)49-54-92(86)108)62-97-100(98)99(81)82-52-50-73(107-87-41-22-18-35-75(87)76-36-19-23-42-88(76)107)61-96(82)110(97)94-46-28-40-80-79-39-27-45-93(102(79)112-103(80)94)109-89-43-24-20-37-77(89)78-38-21-25-44-90(78)109/h12-64,99H,1-11H3/i18D,19D,20D,21D,22D,23D,24D,25D,35D,36D,37D,38D,41D,42D,43D,44D. The topological polar surface area (TPSA) is 34.4 Å². The SMILES string of the molecule is [2H]c1c([2H])c([2H])c2c(c1[2H])c1c([2H])c([2H])c([2H])c([2H])c1n2-c1ccc2c(c1)N(c1cccc3c1oc1c(-n4c5c([2H])c([2H])c([2H])c([2H])c5c5c([2H])c([2H])c([2H])c([2H])c54)cccc13)c1cc(-n3c4ccc(C(C)(C)C)cc4c4cc(C(C)(C)C)ccc43)cc3c1C2c1ccc(-c2cccc(C(C)C)c2)cc1N3c1c(-c2ccccc2)cc(C(C)(C)C)cc1-c1ccccc1. The Kier molecular flexibility index (Phi) is 11.6. The predicted octanol–water partition coefficient (Wildman–Crippen LogP) is 29.6. The van der Waals surface area contributed by atoms with Crippen LogP contribution in [0.4, 0.5) is 34.1 Å². The molecule has 19 aromatic rings. The van der Waals surface area contributed by atoms with Crippen LogP contribution in [-0.2, 0) is 16.2 Å². The van der Waals surface area contributed by atoms with Crippen LogP contribution < -0.4 is 9.80 Å². The van der Waals surface area contributed by atoms with Gasteiger partial charge in [-0.2, -0.15) is 0 Å². The third-order valence-corrected chi connectivity index (χ3v) is 23.3.